The SMILES string of the molecule is COc1cccc(C(C)CC(=O)NC2(c3noc(C)n3)CCCC2)c1. The first-order valence-corrected chi connectivity index (χ1v) is 8.78. The number of aromatic nitrogens is 2. The topological polar surface area (TPSA) is 77.2 Å². The van der Waals surface area contributed by atoms with Crippen LogP contribution in [-0.2, 0) is 10.3 Å². The normalized spacial score (nSPS) is 17.2. The van der Waals surface area contributed by atoms with Crippen molar-refractivity contribution >= 4 is 5.91 Å². The predicted molar refractivity (Wildman–Crippen MR) is 93.3 cm³/mol. The van der Waals surface area contributed by atoms with Crippen molar-refractivity contribution < 1.29 is 14.1 Å². The summed E-state index contributed by atoms with van der Waals surface area (Å²) in [4.78, 5) is 17.1. The minimum atomic E-state index is -0.483. The number of rotatable bonds is 6. The van der Waals surface area contributed by atoms with Crippen LogP contribution in [0.25, 0.3) is 0 Å². The highest BCUT2D eigenvalue weighted by atomic mass is 16.5. The molecule has 1 aliphatic rings. The van der Waals surface area contributed by atoms with Gasteiger partial charge < -0.3 is 14.6 Å². The van der Waals surface area contributed by atoms with Crippen molar-refractivity contribution in [2.45, 2.75) is 57.4 Å². The Labute approximate surface area is 148 Å². The van der Waals surface area contributed by atoms with Crippen molar-refractivity contribution in [2.24, 2.45) is 0 Å². The smallest absolute Gasteiger partial charge is 0.223 e. The van der Waals surface area contributed by atoms with E-state index in [1.165, 1.54) is 0 Å². The number of carbonyl (C=O) groups is 1. The van der Waals surface area contributed by atoms with Gasteiger partial charge in [0.1, 0.15) is 11.3 Å². The average molecular weight is 343 g/mol. The van der Waals surface area contributed by atoms with E-state index in [-0.39, 0.29) is 11.8 Å². The summed E-state index contributed by atoms with van der Waals surface area (Å²) in [5.41, 5.74) is 0.605. The lowest BCUT2D eigenvalue weighted by molar-refractivity contribution is -0.123. The van der Waals surface area contributed by atoms with Crippen molar-refractivity contribution in [1.29, 1.82) is 0 Å². The molecule has 6 heteroatoms. The quantitative estimate of drug-likeness (QED) is 0.869. The van der Waals surface area contributed by atoms with Gasteiger partial charge in [-0.05, 0) is 36.5 Å². The van der Waals surface area contributed by atoms with E-state index in [2.05, 4.69) is 15.5 Å². The number of benzene rings is 1. The molecule has 1 heterocycles. The first-order valence-electron chi connectivity index (χ1n) is 8.78. The number of aryl methyl sites for hydroxylation is 1. The van der Waals surface area contributed by atoms with Crippen LogP contribution < -0.4 is 10.1 Å². The Hall–Kier alpha value is -2.37. The monoisotopic (exact) mass is 343 g/mol. The van der Waals surface area contributed by atoms with Gasteiger partial charge in [0, 0.05) is 13.3 Å². The Morgan fingerprint density at radius 1 is 1.40 bits per heavy atom. The molecule has 3 rings (SSSR count). The highest BCUT2D eigenvalue weighted by Gasteiger charge is 2.41. The second-order valence-electron chi connectivity index (χ2n) is 6.86. The van der Waals surface area contributed by atoms with Crippen LogP contribution in [-0.4, -0.2) is 23.2 Å². The molecule has 1 N–H and O–H groups in total. The van der Waals surface area contributed by atoms with Crippen molar-refractivity contribution in [1.82, 2.24) is 15.5 Å². The minimum Gasteiger partial charge on any atom is -0.497 e. The molecule has 1 saturated carbocycles. The fraction of sp³-hybridized carbons (Fsp3) is 0.526. The molecule has 6 nitrogen and oxygen atoms in total. The van der Waals surface area contributed by atoms with E-state index in [9.17, 15) is 4.79 Å². The Morgan fingerprint density at radius 3 is 2.80 bits per heavy atom. The molecule has 1 fully saturated rings. The molecule has 1 amide bonds. The first kappa shape index (κ1) is 17.5. The molecule has 0 saturated heterocycles. The maximum absolute atomic E-state index is 12.7. The summed E-state index contributed by atoms with van der Waals surface area (Å²) >= 11 is 0. The third-order valence-electron chi connectivity index (χ3n) is 4.95. The molecule has 0 spiro atoms. The number of carbonyl (C=O) groups excluding carboxylic acids is 1. The van der Waals surface area contributed by atoms with Crippen molar-refractivity contribution in [3.63, 3.8) is 0 Å². The zero-order valence-corrected chi connectivity index (χ0v) is 15.0. The van der Waals surface area contributed by atoms with E-state index in [1.807, 2.05) is 31.2 Å². The van der Waals surface area contributed by atoms with E-state index in [0.717, 1.165) is 37.0 Å². The van der Waals surface area contributed by atoms with Gasteiger partial charge >= 0.3 is 0 Å². The summed E-state index contributed by atoms with van der Waals surface area (Å²) in [6.45, 7) is 3.82. The predicted octanol–water partition coefficient (Wildman–Crippen LogP) is 3.47. The van der Waals surface area contributed by atoms with Gasteiger partial charge in [-0.2, -0.15) is 4.98 Å². The Kier molecular flexibility index (Phi) is 5.06. The van der Waals surface area contributed by atoms with Crippen LogP contribution in [0.3, 0.4) is 0 Å². The lowest BCUT2D eigenvalue weighted by atomic mass is 9.93. The maximum Gasteiger partial charge on any atom is 0.223 e. The van der Waals surface area contributed by atoms with Crippen LogP contribution in [0.1, 0.15) is 62.2 Å². The minimum absolute atomic E-state index is 0.0136. The van der Waals surface area contributed by atoms with E-state index in [4.69, 9.17) is 9.26 Å². The summed E-state index contributed by atoms with van der Waals surface area (Å²) in [5.74, 6) is 2.05. The van der Waals surface area contributed by atoms with Crippen molar-refractivity contribution in [3.05, 3.63) is 41.5 Å². The number of nitrogens with zero attached hydrogens (tertiary/aromatic N) is 2. The molecule has 1 atom stereocenters. The van der Waals surface area contributed by atoms with Crippen LogP contribution in [0.5, 0.6) is 5.75 Å². The Bertz CT molecular complexity index is 735. The maximum atomic E-state index is 12.7. The summed E-state index contributed by atoms with van der Waals surface area (Å²) in [6.07, 6.45) is 4.22. The van der Waals surface area contributed by atoms with E-state index in [1.54, 1.807) is 14.0 Å². The summed E-state index contributed by atoms with van der Waals surface area (Å²) in [7, 11) is 1.65. The number of hydrogen-bond acceptors (Lipinski definition) is 5. The van der Waals surface area contributed by atoms with Gasteiger partial charge in [-0.1, -0.05) is 37.1 Å². The highest BCUT2D eigenvalue weighted by molar-refractivity contribution is 5.78. The molecule has 1 aliphatic carbocycles. The van der Waals surface area contributed by atoms with Gasteiger partial charge in [0.25, 0.3) is 0 Å². The fourth-order valence-electron chi connectivity index (χ4n) is 3.54. The summed E-state index contributed by atoms with van der Waals surface area (Å²) in [6, 6.07) is 7.85. The zero-order valence-electron chi connectivity index (χ0n) is 15.0. The average Bonchev–Trinajstić information content (AvgIpc) is 3.24. The molecular weight excluding hydrogens is 318 g/mol. The van der Waals surface area contributed by atoms with Gasteiger partial charge in [0.05, 0.1) is 7.11 Å². The number of amides is 1. The van der Waals surface area contributed by atoms with Crippen LogP contribution in [0.15, 0.2) is 28.8 Å². The third-order valence-corrected chi connectivity index (χ3v) is 4.95. The molecule has 1 aromatic heterocycles. The lowest BCUT2D eigenvalue weighted by Gasteiger charge is -2.27. The third kappa shape index (κ3) is 3.83. The highest BCUT2D eigenvalue weighted by Crippen LogP contribution is 2.37. The van der Waals surface area contributed by atoms with Crippen LogP contribution in [0.4, 0.5) is 0 Å². The fourth-order valence-corrected chi connectivity index (χ4v) is 3.54. The van der Waals surface area contributed by atoms with Crippen LogP contribution in [0, 0.1) is 6.92 Å². The van der Waals surface area contributed by atoms with Crippen LogP contribution >= 0.6 is 0 Å². The first-order chi connectivity index (χ1) is 12.0. The Morgan fingerprint density at radius 2 is 2.16 bits per heavy atom. The van der Waals surface area contributed by atoms with E-state index < -0.39 is 5.54 Å². The number of ether oxygens (including phenoxy) is 1. The number of hydrogen-bond donors (Lipinski definition) is 1. The van der Waals surface area contributed by atoms with Gasteiger partial charge in [0.2, 0.25) is 11.8 Å². The van der Waals surface area contributed by atoms with Gasteiger partial charge in [-0.3, -0.25) is 4.79 Å². The molecule has 25 heavy (non-hydrogen) atoms. The summed E-state index contributed by atoms with van der Waals surface area (Å²) < 4.78 is 10.4. The van der Waals surface area contributed by atoms with Gasteiger partial charge in [-0.25, -0.2) is 0 Å². The number of methoxy groups -OCH3 is 1. The molecule has 2 aromatic rings. The number of nitrogens with one attached hydrogen (secondary N) is 1. The molecule has 0 aliphatic heterocycles. The second kappa shape index (κ2) is 7.25. The largest absolute Gasteiger partial charge is 0.497 e. The molecule has 0 bridgehead atoms. The van der Waals surface area contributed by atoms with Crippen LogP contribution in [0.2, 0.25) is 0 Å². The molecule has 0 radical (unpaired) electrons. The zero-order chi connectivity index (χ0) is 17.9. The van der Waals surface area contributed by atoms with Crippen molar-refractivity contribution in [3.8, 4) is 5.75 Å². The van der Waals surface area contributed by atoms with Gasteiger partial charge in [-0.15, -0.1) is 0 Å². The van der Waals surface area contributed by atoms with E-state index in [0.29, 0.717) is 18.1 Å². The molecule has 1 unspecified atom stereocenters. The lowest BCUT2D eigenvalue weighted by Crippen LogP contribution is -2.45. The molecular formula is C19H25N3O3. The Balaban J connectivity index is 1.70. The molecule has 134 valence electrons. The van der Waals surface area contributed by atoms with Crippen molar-refractivity contribution in [2.75, 3.05) is 7.11 Å². The van der Waals surface area contributed by atoms with E-state index >= 15 is 0 Å². The molecule has 1 aromatic carbocycles. The summed E-state index contributed by atoms with van der Waals surface area (Å²) in [5, 5.41) is 7.26. The second-order valence-corrected chi connectivity index (χ2v) is 6.86. The standard InChI is InChI=1S/C19H25N3O3/c1-13(15-7-6-8-16(12-15)24-3)11-17(23)21-19(9-4-5-10-19)18-20-14(2)25-22-18/h6-8,12-13H,4-5,9-11H2,1-3H3,(H,21,23). The van der Waals surface area contributed by atoms with Gasteiger partial charge in [0.15, 0.2) is 5.82 Å².